The van der Waals surface area contributed by atoms with Crippen molar-refractivity contribution in [3.63, 3.8) is 0 Å². The maximum absolute atomic E-state index is 9.09. The molecule has 3 nitrogen and oxygen atoms in total. The number of halogens is 1. The lowest BCUT2D eigenvalue weighted by molar-refractivity contribution is 0.230. The van der Waals surface area contributed by atoms with E-state index in [4.69, 9.17) is 5.11 Å². The average molecular weight is 313 g/mol. The lowest BCUT2D eigenvalue weighted by atomic mass is 10.2. The van der Waals surface area contributed by atoms with Crippen LogP contribution < -0.4 is 0 Å². The molecule has 0 saturated heterocycles. The van der Waals surface area contributed by atoms with Crippen molar-refractivity contribution in [1.29, 1.82) is 0 Å². The first kappa shape index (κ1) is 15.2. The van der Waals surface area contributed by atoms with Crippen LogP contribution in [0.2, 0.25) is 0 Å². The van der Waals surface area contributed by atoms with Crippen LogP contribution in [0.4, 0.5) is 0 Å². The van der Waals surface area contributed by atoms with Gasteiger partial charge in [-0.05, 0) is 35.4 Å². The smallest absolute Gasteiger partial charge is 0.125 e. The molecule has 0 saturated carbocycles. The van der Waals surface area contributed by atoms with Gasteiger partial charge >= 0.3 is 0 Å². The molecule has 0 aliphatic carbocycles. The summed E-state index contributed by atoms with van der Waals surface area (Å²) in [5, 5.41) is 9.09. The molecule has 18 heavy (non-hydrogen) atoms. The van der Waals surface area contributed by atoms with Crippen LogP contribution in [0.25, 0.3) is 0 Å². The number of aliphatic hydroxyl groups is 1. The van der Waals surface area contributed by atoms with Crippen LogP contribution >= 0.6 is 15.9 Å². The molecule has 1 aliphatic rings. The molecule has 0 spiro atoms. The summed E-state index contributed by atoms with van der Waals surface area (Å²) in [7, 11) is 0. The predicted octanol–water partition coefficient (Wildman–Crippen LogP) is 3.09. The minimum Gasteiger partial charge on any atom is -0.395 e. The van der Waals surface area contributed by atoms with E-state index in [1.807, 2.05) is 6.08 Å². The molecule has 0 aromatic rings. The van der Waals surface area contributed by atoms with Gasteiger partial charge in [-0.2, -0.15) is 0 Å². The second-order valence-electron chi connectivity index (χ2n) is 4.14. The number of hydrogen-bond acceptors (Lipinski definition) is 3. The normalized spacial score (nSPS) is 29.7. The highest BCUT2D eigenvalue weighted by molar-refractivity contribution is 9.18. The van der Waals surface area contributed by atoms with Crippen LogP contribution in [0.1, 0.15) is 20.3 Å². The summed E-state index contributed by atoms with van der Waals surface area (Å²) in [5.74, 6) is 1.18. The summed E-state index contributed by atoms with van der Waals surface area (Å²) < 4.78 is 0.914. The number of nitrogens with zero attached hydrogens (tertiary/aromatic N) is 2. The Kier molecular flexibility index (Phi) is 6.98. The summed E-state index contributed by atoms with van der Waals surface area (Å²) in [4.78, 5) is 6.71. The zero-order valence-corrected chi connectivity index (χ0v) is 12.6. The number of rotatable bonds is 4. The van der Waals surface area contributed by atoms with Gasteiger partial charge in [-0.3, -0.25) is 0 Å². The zero-order valence-electron chi connectivity index (χ0n) is 11.0. The minimum absolute atomic E-state index is 0.142. The van der Waals surface area contributed by atoms with E-state index in [0.29, 0.717) is 6.54 Å². The predicted molar refractivity (Wildman–Crippen MR) is 80.8 cm³/mol. The molecule has 0 aromatic heterocycles. The molecular weight excluding hydrogens is 292 g/mol. The van der Waals surface area contributed by atoms with Gasteiger partial charge in [0.15, 0.2) is 0 Å². The molecule has 1 aliphatic heterocycles. The van der Waals surface area contributed by atoms with Gasteiger partial charge < -0.3 is 10.0 Å². The van der Waals surface area contributed by atoms with Crippen molar-refractivity contribution in [3.8, 4) is 0 Å². The fraction of sp³-hybridized carbons (Fsp3) is 0.500. The van der Waals surface area contributed by atoms with E-state index in [1.54, 1.807) is 0 Å². The molecule has 4 heteroatoms. The van der Waals surface area contributed by atoms with Crippen molar-refractivity contribution in [3.05, 3.63) is 36.2 Å². The third kappa shape index (κ3) is 4.78. The Morgan fingerprint density at radius 1 is 1.50 bits per heavy atom. The van der Waals surface area contributed by atoms with E-state index in [9.17, 15) is 0 Å². The second-order valence-corrected chi connectivity index (χ2v) is 4.95. The van der Waals surface area contributed by atoms with E-state index in [1.165, 1.54) is 0 Å². The fourth-order valence-corrected chi connectivity index (χ4v) is 1.99. The summed E-state index contributed by atoms with van der Waals surface area (Å²) in [5.41, 5.74) is 0. The van der Waals surface area contributed by atoms with Crippen molar-refractivity contribution in [1.82, 2.24) is 4.90 Å². The minimum atomic E-state index is 0.142. The van der Waals surface area contributed by atoms with E-state index in [0.717, 1.165) is 23.4 Å². The van der Waals surface area contributed by atoms with Crippen LogP contribution in [0, 0.1) is 5.92 Å². The highest BCUT2D eigenvalue weighted by Crippen LogP contribution is 2.15. The maximum Gasteiger partial charge on any atom is 0.125 e. The Labute approximate surface area is 118 Å². The molecule has 0 amide bonds. The van der Waals surface area contributed by atoms with Crippen LogP contribution in [0.3, 0.4) is 0 Å². The third-order valence-corrected chi connectivity index (χ3v) is 3.66. The molecule has 1 N–H and O–H groups in total. The molecule has 1 unspecified atom stereocenters. The highest BCUT2D eigenvalue weighted by Gasteiger charge is 2.09. The standard InChI is InChI=1S/C14H21BrN2O/c1-3-17(10-11-18)13-9-7-5-4-6-8-12(2)14(15)16-13/h4-6,8-9,12,18H,3,7,10-11H2,1-2H3/b5-4-,8-6-,13-9+,16-14+. The molecular formula is C14H21BrN2O. The quantitative estimate of drug-likeness (QED) is 0.866. The first-order chi connectivity index (χ1) is 8.69. The second kappa shape index (κ2) is 8.27. The van der Waals surface area contributed by atoms with E-state index in [-0.39, 0.29) is 12.5 Å². The van der Waals surface area contributed by atoms with Crippen molar-refractivity contribution in [2.45, 2.75) is 20.3 Å². The molecule has 100 valence electrons. The van der Waals surface area contributed by atoms with Gasteiger partial charge in [-0.1, -0.05) is 31.2 Å². The molecule has 1 rings (SSSR count). The molecule has 0 aromatic carbocycles. The van der Waals surface area contributed by atoms with Crippen molar-refractivity contribution in [2.24, 2.45) is 10.9 Å². The average Bonchev–Trinajstić information content (AvgIpc) is 2.37. The van der Waals surface area contributed by atoms with Crippen LogP contribution in [-0.2, 0) is 0 Å². The van der Waals surface area contributed by atoms with E-state index in [2.05, 4.69) is 64.0 Å². The first-order valence-electron chi connectivity index (χ1n) is 6.32. The van der Waals surface area contributed by atoms with Crippen LogP contribution in [0.15, 0.2) is 41.2 Å². The number of aliphatic imine (C=N–C) groups is 1. The third-order valence-electron chi connectivity index (χ3n) is 2.76. The topological polar surface area (TPSA) is 35.8 Å². The highest BCUT2D eigenvalue weighted by atomic mass is 79.9. The molecule has 0 bridgehead atoms. The van der Waals surface area contributed by atoms with Gasteiger partial charge in [-0.25, -0.2) is 4.99 Å². The van der Waals surface area contributed by atoms with E-state index < -0.39 is 0 Å². The summed E-state index contributed by atoms with van der Waals surface area (Å²) in [6.07, 6.45) is 11.2. The van der Waals surface area contributed by atoms with Gasteiger partial charge in [0.2, 0.25) is 0 Å². The summed E-state index contributed by atoms with van der Waals surface area (Å²) >= 11 is 3.53. The van der Waals surface area contributed by atoms with Crippen molar-refractivity contribution < 1.29 is 5.11 Å². The largest absolute Gasteiger partial charge is 0.395 e. The lowest BCUT2D eigenvalue weighted by Gasteiger charge is -2.23. The summed E-state index contributed by atoms with van der Waals surface area (Å²) in [6, 6.07) is 0. The van der Waals surface area contributed by atoms with Gasteiger partial charge in [-0.15, -0.1) is 0 Å². The number of aliphatic hydroxyl groups excluding tert-OH is 1. The van der Waals surface area contributed by atoms with Gasteiger partial charge in [0.05, 0.1) is 11.2 Å². The first-order valence-corrected chi connectivity index (χ1v) is 7.11. The van der Waals surface area contributed by atoms with Crippen molar-refractivity contribution >= 4 is 20.6 Å². The Balaban J connectivity index is 2.97. The number of allylic oxidation sites excluding steroid dienone is 5. The van der Waals surface area contributed by atoms with Gasteiger partial charge in [0.25, 0.3) is 0 Å². The monoisotopic (exact) mass is 312 g/mol. The number of likely N-dealkylation sites (N-methyl/N-ethyl adjacent to an activating group) is 1. The van der Waals surface area contributed by atoms with Gasteiger partial charge in [0.1, 0.15) is 5.82 Å². The Morgan fingerprint density at radius 3 is 2.94 bits per heavy atom. The molecule has 0 radical (unpaired) electrons. The lowest BCUT2D eigenvalue weighted by Crippen LogP contribution is -2.26. The molecule has 1 heterocycles. The van der Waals surface area contributed by atoms with E-state index >= 15 is 0 Å². The SMILES string of the molecule is CCN(CCO)C1=C/C/C=C\C=C/C(C)/C(Br)=N\1. The molecule has 1 atom stereocenters. The summed E-state index contributed by atoms with van der Waals surface area (Å²) in [6.45, 7) is 5.76. The maximum atomic E-state index is 9.09. The Bertz CT molecular complexity index is 372. The van der Waals surface area contributed by atoms with Gasteiger partial charge in [0, 0.05) is 19.0 Å². The Morgan fingerprint density at radius 2 is 2.28 bits per heavy atom. The zero-order chi connectivity index (χ0) is 13.4. The molecule has 0 fully saturated rings. The van der Waals surface area contributed by atoms with Crippen LogP contribution in [-0.4, -0.2) is 34.3 Å². The van der Waals surface area contributed by atoms with Crippen molar-refractivity contribution in [2.75, 3.05) is 19.7 Å². The fourth-order valence-electron chi connectivity index (χ4n) is 1.65. The number of hydrogen-bond donors (Lipinski definition) is 1. The Hall–Kier alpha value is -0.870. The van der Waals surface area contributed by atoms with Crippen LogP contribution in [0.5, 0.6) is 0 Å².